The summed E-state index contributed by atoms with van der Waals surface area (Å²) in [6.45, 7) is 1.23. The fourth-order valence-corrected chi connectivity index (χ4v) is 2.89. The number of fused-ring (bicyclic) bond motifs is 1. The summed E-state index contributed by atoms with van der Waals surface area (Å²) in [6.07, 6.45) is 0.813. The molecule has 0 aliphatic carbocycles. The van der Waals surface area contributed by atoms with Crippen LogP contribution in [-0.2, 0) is 27.5 Å². The molecular weight excluding hydrogens is 322 g/mol. The van der Waals surface area contributed by atoms with Crippen molar-refractivity contribution in [2.45, 2.75) is 32.0 Å². The number of nitrogens with one attached hydrogen (secondary N) is 2. The number of rotatable bonds is 4. The van der Waals surface area contributed by atoms with Gasteiger partial charge in [-0.3, -0.25) is 24.6 Å². The lowest BCUT2D eigenvalue weighted by Gasteiger charge is -2.23. The Bertz CT molecular complexity index is 650. The predicted octanol–water partition coefficient (Wildman–Crippen LogP) is 0.726. The minimum atomic E-state index is -0.838. The van der Waals surface area contributed by atoms with Crippen LogP contribution >= 0.6 is 12.4 Å². The molecule has 1 atom stereocenters. The highest BCUT2D eigenvalue weighted by Gasteiger charge is 2.27. The van der Waals surface area contributed by atoms with Gasteiger partial charge in [0, 0.05) is 25.2 Å². The summed E-state index contributed by atoms with van der Waals surface area (Å²) in [6, 6.07) is 5.37. The average Bonchev–Trinajstić information content (AvgIpc) is 2.82. The van der Waals surface area contributed by atoms with Gasteiger partial charge in [-0.1, -0.05) is 6.07 Å². The largest absolute Gasteiger partial charge is 0.480 e. The number of carboxylic acids is 1. The zero-order valence-corrected chi connectivity index (χ0v) is 13.2. The maximum Gasteiger partial charge on any atom is 0.317 e. The van der Waals surface area contributed by atoms with E-state index in [9.17, 15) is 14.4 Å². The van der Waals surface area contributed by atoms with Crippen molar-refractivity contribution in [2.24, 2.45) is 0 Å². The predicted molar refractivity (Wildman–Crippen MR) is 85.2 cm³/mol. The molecule has 2 aliphatic heterocycles. The molecule has 1 aromatic carbocycles. The van der Waals surface area contributed by atoms with Gasteiger partial charge in [0.15, 0.2) is 0 Å². The number of nitrogens with zero attached hydrogens (tertiary/aromatic N) is 1. The summed E-state index contributed by atoms with van der Waals surface area (Å²) >= 11 is 0. The highest BCUT2D eigenvalue weighted by molar-refractivity contribution is 6.01. The van der Waals surface area contributed by atoms with Gasteiger partial charge in [-0.05, 0) is 29.7 Å². The van der Waals surface area contributed by atoms with E-state index in [1.54, 1.807) is 0 Å². The SMILES string of the molecule is Cl.O=C(O)CN1Cc2ccc(NC3CCC(=O)NC3=O)cc2C1. The molecule has 0 radical (unpaired) electrons. The summed E-state index contributed by atoms with van der Waals surface area (Å²) in [7, 11) is 0. The number of aliphatic carboxylic acids is 1. The number of imide groups is 1. The van der Waals surface area contributed by atoms with Crippen LogP contribution in [0.25, 0.3) is 0 Å². The highest BCUT2D eigenvalue weighted by atomic mass is 35.5. The van der Waals surface area contributed by atoms with Gasteiger partial charge in [-0.15, -0.1) is 12.4 Å². The number of hydrogen-bond donors (Lipinski definition) is 3. The van der Waals surface area contributed by atoms with Crippen LogP contribution < -0.4 is 10.6 Å². The van der Waals surface area contributed by atoms with E-state index in [1.165, 1.54) is 0 Å². The van der Waals surface area contributed by atoms with Gasteiger partial charge < -0.3 is 10.4 Å². The number of piperidine rings is 1. The Hall–Kier alpha value is -2.12. The fourth-order valence-electron chi connectivity index (χ4n) is 2.89. The highest BCUT2D eigenvalue weighted by Crippen LogP contribution is 2.26. The van der Waals surface area contributed by atoms with E-state index in [-0.39, 0.29) is 30.8 Å². The van der Waals surface area contributed by atoms with Crippen LogP contribution in [0.4, 0.5) is 5.69 Å². The molecule has 0 aromatic heterocycles. The van der Waals surface area contributed by atoms with Crippen molar-refractivity contribution in [2.75, 3.05) is 11.9 Å². The second-order valence-corrected chi connectivity index (χ2v) is 5.67. The summed E-state index contributed by atoms with van der Waals surface area (Å²) in [5, 5.41) is 14.3. The number of benzene rings is 1. The molecule has 1 fully saturated rings. The van der Waals surface area contributed by atoms with Gasteiger partial charge in [0.1, 0.15) is 6.04 Å². The van der Waals surface area contributed by atoms with Gasteiger partial charge >= 0.3 is 5.97 Å². The molecule has 8 heteroatoms. The lowest BCUT2D eigenvalue weighted by Crippen LogP contribution is -2.47. The van der Waals surface area contributed by atoms with Crippen LogP contribution in [0.2, 0.25) is 0 Å². The first-order valence-electron chi connectivity index (χ1n) is 7.17. The summed E-state index contributed by atoms with van der Waals surface area (Å²) < 4.78 is 0. The molecule has 1 aromatic rings. The first kappa shape index (κ1) is 17.2. The van der Waals surface area contributed by atoms with Crippen LogP contribution in [-0.4, -0.2) is 40.4 Å². The molecule has 2 amide bonds. The average molecular weight is 340 g/mol. The van der Waals surface area contributed by atoms with Crippen LogP contribution in [0.5, 0.6) is 0 Å². The van der Waals surface area contributed by atoms with Crippen LogP contribution in [0.3, 0.4) is 0 Å². The molecule has 3 N–H and O–H groups in total. The lowest BCUT2D eigenvalue weighted by molar-refractivity contribution is -0.138. The first-order chi connectivity index (χ1) is 10.5. The molecule has 1 saturated heterocycles. The van der Waals surface area contributed by atoms with E-state index in [0.717, 1.165) is 16.8 Å². The van der Waals surface area contributed by atoms with Crippen molar-refractivity contribution in [1.29, 1.82) is 0 Å². The van der Waals surface area contributed by atoms with Crippen molar-refractivity contribution in [3.8, 4) is 0 Å². The van der Waals surface area contributed by atoms with Crippen molar-refractivity contribution >= 4 is 35.9 Å². The number of amides is 2. The number of halogens is 1. The number of anilines is 1. The van der Waals surface area contributed by atoms with E-state index >= 15 is 0 Å². The van der Waals surface area contributed by atoms with E-state index in [1.807, 2.05) is 23.1 Å². The molecule has 0 saturated carbocycles. The third-order valence-corrected chi connectivity index (χ3v) is 3.93. The molecule has 7 nitrogen and oxygen atoms in total. The zero-order valence-electron chi connectivity index (χ0n) is 12.4. The number of carbonyl (C=O) groups excluding carboxylic acids is 2. The van der Waals surface area contributed by atoms with Gasteiger partial charge in [0.25, 0.3) is 0 Å². The summed E-state index contributed by atoms with van der Waals surface area (Å²) in [4.78, 5) is 35.5. The molecule has 2 heterocycles. The Morgan fingerprint density at radius 3 is 2.74 bits per heavy atom. The van der Waals surface area contributed by atoms with Crippen LogP contribution in [0, 0.1) is 0 Å². The first-order valence-corrected chi connectivity index (χ1v) is 7.17. The van der Waals surface area contributed by atoms with E-state index in [0.29, 0.717) is 25.9 Å². The van der Waals surface area contributed by atoms with Crippen molar-refractivity contribution in [3.63, 3.8) is 0 Å². The summed E-state index contributed by atoms with van der Waals surface area (Å²) in [5.41, 5.74) is 2.99. The molecule has 1 unspecified atom stereocenters. The topological polar surface area (TPSA) is 98.7 Å². The van der Waals surface area contributed by atoms with E-state index < -0.39 is 12.0 Å². The maximum absolute atomic E-state index is 11.7. The van der Waals surface area contributed by atoms with Gasteiger partial charge in [0.05, 0.1) is 6.54 Å². The second-order valence-electron chi connectivity index (χ2n) is 5.67. The monoisotopic (exact) mass is 339 g/mol. The van der Waals surface area contributed by atoms with Gasteiger partial charge in [0.2, 0.25) is 11.8 Å². The second kappa shape index (κ2) is 6.97. The van der Waals surface area contributed by atoms with Crippen molar-refractivity contribution < 1.29 is 19.5 Å². The Morgan fingerprint density at radius 2 is 2.04 bits per heavy atom. The van der Waals surface area contributed by atoms with Crippen molar-refractivity contribution in [1.82, 2.24) is 10.2 Å². The molecular formula is C15H18ClN3O4. The third-order valence-electron chi connectivity index (χ3n) is 3.93. The third kappa shape index (κ3) is 4.00. The quantitative estimate of drug-likeness (QED) is 0.699. The van der Waals surface area contributed by atoms with E-state index in [4.69, 9.17) is 5.11 Å². The molecule has 23 heavy (non-hydrogen) atoms. The van der Waals surface area contributed by atoms with Gasteiger partial charge in [-0.2, -0.15) is 0 Å². The Kier molecular flexibility index (Phi) is 5.23. The minimum Gasteiger partial charge on any atom is -0.480 e. The molecule has 0 bridgehead atoms. The van der Waals surface area contributed by atoms with Crippen LogP contribution in [0.1, 0.15) is 24.0 Å². The van der Waals surface area contributed by atoms with Crippen molar-refractivity contribution in [3.05, 3.63) is 29.3 Å². The molecule has 3 rings (SSSR count). The minimum absolute atomic E-state index is 0. The molecule has 124 valence electrons. The lowest BCUT2D eigenvalue weighted by atomic mass is 10.0. The Balaban J connectivity index is 0.00000192. The zero-order chi connectivity index (χ0) is 15.7. The standard InChI is InChI=1S/C15H17N3O4.ClH/c19-13-4-3-12(15(22)17-13)16-11-2-1-9-6-18(8-14(20)21)7-10(9)5-11;/h1-2,5,12,16H,3-4,6-8H2,(H,20,21)(H,17,19,22);1H. The smallest absolute Gasteiger partial charge is 0.317 e. The Labute approximate surface area is 139 Å². The fraction of sp³-hybridized carbons (Fsp3) is 0.400. The number of carbonyl (C=O) groups is 3. The normalized spacial score (nSPS) is 20.4. The number of hydrogen-bond acceptors (Lipinski definition) is 5. The maximum atomic E-state index is 11.7. The summed E-state index contributed by atoms with van der Waals surface area (Å²) in [5.74, 6) is -1.37. The Morgan fingerprint density at radius 1 is 1.30 bits per heavy atom. The number of carboxylic acid groups (broad SMARTS) is 1. The molecule has 2 aliphatic rings. The van der Waals surface area contributed by atoms with Crippen LogP contribution in [0.15, 0.2) is 18.2 Å². The molecule has 0 spiro atoms. The van der Waals surface area contributed by atoms with Gasteiger partial charge in [-0.25, -0.2) is 0 Å². The van der Waals surface area contributed by atoms with E-state index in [2.05, 4.69) is 10.6 Å².